The summed E-state index contributed by atoms with van der Waals surface area (Å²) in [6.45, 7) is 2.42. The summed E-state index contributed by atoms with van der Waals surface area (Å²) in [6, 6.07) is 7.95. The van der Waals surface area contributed by atoms with Crippen LogP contribution in [0.5, 0.6) is 11.5 Å². The number of halogens is 2. The first-order valence-corrected chi connectivity index (χ1v) is 8.57. The Balaban J connectivity index is 0.00000208. The second kappa shape index (κ2) is 9.33. The third-order valence-electron chi connectivity index (χ3n) is 3.35. The molecule has 5 nitrogen and oxygen atoms in total. The summed E-state index contributed by atoms with van der Waals surface area (Å²) in [4.78, 5) is 5.48. The van der Waals surface area contributed by atoms with E-state index in [9.17, 15) is 0 Å². The highest BCUT2D eigenvalue weighted by Crippen LogP contribution is 2.38. The molecule has 1 aromatic heterocycles. The van der Waals surface area contributed by atoms with E-state index in [1.807, 2.05) is 18.2 Å². The minimum atomic E-state index is 0. The van der Waals surface area contributed by atoms with Gasteiger partial charge in [0.05, 0.1) is 11.6 Å². The van der Waals surface area contributed by atoms with E-state index in [1.54, 1.807) is 18.4 Å². The van der Waals surface area contributed by atoms with Crippen molar-refractivity contribution in [3.05, 3.63) is 45.1 Å². The predicted molar refractivity (Wildman–Crippen MR) is 109 cm³/mol. The van der Waals surface area contributed by atoms with E-state index in [4.69, 9.17) is 21.1 Å². The SMILES string of the molecule is CN=C(NCc1cc(Cl)c2c(c1)OCCO2)NCc1cccs1.I. The van der Waals surface area contributed by atoms with Gasteiger partial charge in [-0.25, -0.2) is 0 Å². The molecule has 2 N–H and O–H groups in total. The van der Waals surface area contributed by atoms with Crippen LogP contribution >= 0.6 is 46.9 Å². The molecule has 130 valence electrons. The quantitative estimate of drug-likeness (QED) is 0.399. The number of nitrogens with zero attached hydrogens (tertiary/aromatic N) is 1. The van der Waals surface area contributed by atoms with Crippen molar-refractivity contribution in [3.8, 4) is 11.5 Å². The van der Waals surface area contributed by atoms with E-state index in [2.05, 4.69) is 27.1 Å². The molecule has 0 fully saturated rings. The van der Waals surface area contributed by atoms with Crippen LogP contribution in [0.25, 0.3) is 0 Å². The van der Waals surface area contributed by atoms with Crippen molar-refractivity contribution in [2.45, 2.75) is 13.1 Å². The second-order valence-electron chi connectivity index (χ2n) is 4.96. The fourth-order valence-electron chi connectivity index (χ4n) is 2.26. The zero-order valence-electron chi connectivity index (χ0n) is 13.2. The monoisotopic (exact) mass is 479 g/mol. The molecule has 0 amide bonds. The van der Waals surface area contributed by atoms with Crippen molar-refractivity contribution >= 4 is 52.9 Å². The molecule has 0 saturated carbocycles. The fourth-order valence-corrected chi connectivity index (χ4v) is 3.19. The standard InChI is InChI=1S/C16H18ClN3O2S.HI/c1-18-16(20-10-12-3-2-6-23-12)19-9-11-7-13(17)15-14(8-11)21-4-5-22-15;/h2-3,6-8H,4-5,9-10H2,1H3,(H2,18,19,20);1H. The molecule has 0 saturated heterocycles. The lowest BCUT2D eigenvalue weighted by atomic mass is 10.2. The molecule has 1 aromatic carbocycles. The highest BCUT2D eigenvalue weighted by molar-refractivity contribution is 14.0. The van der Waals surface area contributed by atoms with Gasteiger partial charge in [0.2, 0.25) is 0 Å². The molecule has 0 unspecified atom stereocenters. The first-order chi connectivity index (χ1) is 11.3. The van der Waals surface area contributed by atoms with E-state index in [-0.39, 0.29) is 24.0 Å². The maximum absolute atomic E-state index is 6.25. The average molecular weight is 480 g/mol. The van der Waals surface area contributed by atoms with E-state index < -0.39 is 0 Å². The van der Waals surface area contributed by atoms with Crippen LogP contribution in [0, 0.1) is 0 Å². The molecule has 3 rings (SSSR count). The highest BCUT2D eigenvalue weighted by atomic mass is 127. The van der Waals surface area contributed by atoms with Crippen LogP contribution in [0.15, 0.2) is 34.6 Å². The molecule has 0 bridgehead atoms. The van der Waals surface area contributed by atoms with Crippen LogP contribution < -0.4 is 20.1 Å². The lowest BCUT2D eigenvalue weighted by Crippen LogP contribution is -2.36. The molecule has 0 aliphatic carbocycles. The Morgan fingerprint density at radius 2 is 2.04 bits per heavy atom. The van der Waals surface area contributed by atoms with Gasteiger partial charge in [0, 0.05) is 18.5 Å². The zero-order chi connectivity index (χ0) is 16.1. The number of guanidine groups is 1. The Kier molecular flexibility index (Phi) is 7.44. The van der Waals surface area contributed by atoms with Crippen molar-refractivity contribution in [1.82, 2.24) is 10.6 Å². The molecule has 2 aromatic rings. The van der Waals surface area contributed by atoms with Gasteiger partial charge < -0.3 is 20.1 Å². The third-order valence-corrected chi connectivity index (χ3v) is 4.51. The van der Waals surface area contributed by atoms with E-state index in [1.165, 1.54) is 4.88 Å². The molecule has 8 heteroatoms. The number of aliphatic imine (C=N–C) groups is 1. The van der Waals surface area contributed by atoms with E-state index in [0.717, 1.165) is 18.1 Å². The van der Waals surface area contributed by atoms with Gasteiger partial charge in [-0.15, -0.1) is 35.3 Å². The van der Waals surface area contributed by atoms with Crippen LogP contribution in [-0.4, -0.2) is 26.2 Å². The maximum Gasteiger partial charge on any atom is 0.191 e. The summed E-state index contributed by atoms with van der Waals surface area (Å²) in [5.41, 5.74) is 1.01. The van der Waals surface area contributed by atoms with Crippen LogP contribution in [0.2, 0.25) is 5.02 Å². The molecule has 0 atom stereocenters. The number of nitrogens with one attached hydrogen (secondary N) is 2. The first-order valence-electron chi connectivity index (χ1n) is 7.31. The van der Waals surface area contributed by atoms with Crippen LogP contribution in [-0.2, 0) is 13.1 Å². The number of fused-ring (bicyclic) bond motifs is 1. The number of hydrogen-bond donors (Lipinski definition) is 2. The van der Waals surface area contributed by atoms with E-state index >= 15 is 0 Å². The van der Waals surface area contributed by atoms with Gasteiger partial charge in [0.15, 0.2) is 17.5 Å². The average Bonchev–Trinajstić information content (AvgIpc) is 3.08. The smallest absolute Gasteiger partial charge is 0.191 e. The van der Waals surface area contributed by atoms with Gasteiger partial charge >= 0.3 is 0 Å². The summed E-state index contributed by atoms with van der Waals surface area (Å²) in [5, 5.41) is 9.18. The van der Waals surface area contributed by atoms with Gasteiger partial charge in [-0.05, 0) is 29.1 Å². The molecule has 0 spiro atoms. The number of hydrogen-bond acceptors (Lipinski definition) is 4. The number of thiophene rings is 1. The zero-order valence-corrected chi connectivity index (χ0v) is 17.1. The van der Waals surface area contributed by atoms with Gasteiger partial charge in [0.1, 0.15) is 13.2 Å². The molecule has 1 aliphatic rings. The number of rotatable bonds is 4. The minimum Gasteiger partial charge on any atom is -0.486 e. The first kappa shape index (κ1) is 19.1. The number of ether oxygens (including phenoxy) is 2. The van der Waals surface area contributed by atoms with Crippen LogP contribution in [0.1, 0.15) is 10.4 Å². The van der Waals surface area contributed by atoms with Gasteiger partial charge in [0.25, 0.3) is 0 Å². The van der Waals surface area contributed by atoms with Crippen LogP contribution in [0.4, 0.5) is 0 Å². The summed E-state index contributed by atoms with van der Waals surface area (Å²) >= 11 is 7.96. The van der Waals surface area contributed by atoms with Crippen molar-refractivity contribution in [2.75, 3.05) is 20.3 Å². The van der Waals surface area contributed by atoms with Crippen molar-refractivity contribution in [2.24, 2.45) is 4.99 Å². The highest BCUT2D eigenvalue weighted by Gasteiger charge is 2.16. The lowest BCUT2D eigenvalue weighted by molar-refractivity contribution is 0.171. The topological polar surface area (TPSA) is 54.9 Å². The van der Waals surface area contributed by atoms with Crippen LogP contribution in [0.3, 0.4) is 0 Å². The molecule has 1 aliphatic heterocycles. The van der Waals surface area contributed by atoms with Gasteiger partial charge in [-0.1, -0.05) is 17.7 Å². The van der Waals surface area contributed by atoms with Crippen molar-refractivity contribution in [1.29, 1.82) is 0 Å². The molecular formula is C16H19ClIN3O2S. The third kappa shape index (κ3) is 4.90. The summed E-state index contributed by atoms with van der Waals surface area (Å²) in [7, 11) is 1.75. The number of benzene rings is 1. The predicted octanol–water partition coefficient (Wildman–Crippen LogP) is 3.66. The van der Waals surface area contributed by atoms with Crippen molar-refractivity contribution < 1.29 is 9.47 Å². The lowest BCUT2D eigenvalue weighted by Gasteiger charge is -2.20. The second-order valence-corrected chi connectivity index (χ2v) is 6.40. The summed E-state index contributed by atoms with van der Waals surface area (Å²) < 4.78 is 11.1. The maximum atomic E-state index is 6.25. The summed E-state index contributed by atoms with van der Waals surface area (Å²) in [6.07, 6.45) is 0. The minimum absolute atomic E-state index is 0. The Morgan fingerprint density at radius 1 is 1.25 bits per heavy atom. The normalized spacial score (nSPS) is 13.2. The fraction of sp³-hybridized carbons (Fsp3) is 0.312. The molecular weight excluding hydrogens is 461 g/mol. The molecule has 0 radical (unpaired) electrons. The Hall–Kier alpha value is -1.19. The van der Waals surface area contributed by atoms with Crippen molar-refractivity contribution in [3.63, 3.8) is 0 Å². The van der Waals surface area contributed by atoms with E-state index in [0.29, 0.717) is 36.3 Å². The Labute approximate surface area is 167 Å². The Bertz CT molecular complexity index is 695. The van der Waals surface area contributed by atoms with Gasteiger partial charge in [-0.2, -0.15) is 0 Å². The molecule has 2 heterocycles. The van der Waals surface area contributed by atoms with Gasteiger partial charge in [-0.3, -0.25) is 4.99 Å². The molecule has 24 heavy (non-hydrogen) atoms. The Morgan fingerprint density at radius 3 is 2.79 bits per heavy atom. The summed E-state index contributed by atoms with van der Waals surface area (Å²) in [5.74, 6) is 2.06. The largest absolute Gasteiger partial charge is 0.486 e.